The van der Waals surface area contributed by atoms with Gasteiger partial charge in [-0.3, -0.25) is 4.99 Å². The average Bonchev–Trinajstić information content (AvgIpc) is 1.81. The fourth-order valence-corrected chi connectivity index (χ4v) is 0.763. The Kier molecular flexibility index (Phi) is 6.43. The van der Waals surface area contributed by atoms with E-state index in [0.29, 0.717) is 0 Å². The molecule has 0 aliphatic carbocycles. The van der Waals surface area contributed by atoms with Crippen LogP contribution in [-0.2, 0) is 0 Å². The zero-order chi connectivity index (χ0) is 6.24. The summed E-state index contributed by atoms with van der Waals surface area (Å²) in [6.45, 7) is 0. The first kappa shape index (κ1) is 7.69. The van der Waals surface area contributed by atoms with E-state index in [0.717, 1.165) is 11.5 Å². The highest BCUT2D eigenvalue weighted by Crippen LogP contribution is 1.92. The largest absolute Gasteiger partial charge is 0.312 e. The first-order chi connectivity index (χ1) is 3.91. The molecule has 0 fully saturated rings. The van der Waals surface area contributed by atoms with Crippen LogP contribution in [0.15, 0.2) is 4.99 Å². The molecule has 1 N–H and O–H groups in total. The van der Waals surface area contributed by atoms with E-state index in [4.69, 9.17) is 5.41 Å². The maximum atomic E-state index is 6.65. The Morgan fingerprint density at radius 1 is 1.62 bits per heavy atom. The summed E-state index contributed by atoms with van der Waals surface area (Å²) < 4.78 is 0. The number of hydrogen-bond acceptors (Lipinski definition) is 3. The highest BCUT2D eigenvalue weighted by atomic mass is 32.2. The van der Waals surface area contributed by atoms with Gasteiger partial charge in [-0.1, -0.05) is 0 Å². The van der Waals surface area contributed by atoms with Crippen molar-refractivity contribution in [2.24, 2.45) is 4.99 Å². The maximum absolute atomic E-state index is 6.65. The molecule has 8 heavy (non-hydrogen) atoms. The number of aliphatic imine (C=N–C) groups is 1. The molecule has 0 aliphatic heterocycles. The molecule has 0 aliphatic rings. The molecule has 46 valence electrons. The maximum Gasteiger partial charge on any atom is 0.0287 e. The standard InChI is InChI=1S/C5H10N2S/c1-7-3-5-8-4-2-6/h2-3,6H,4-5H2,1H3. The number of nitrogens with zero attached hydrogens (tertiary/aromatic N) is 1. The first-order valence-electron chi connectivity index (χ1n) is 2.39. The molecule has 2 nitrogen and oxygen atoms in total. The summed E-state index contributed by atoms with van der Waals surface area (Å²) in [7, 11) is 1.75. The van der Waals surface area contributed by atoms with Gasteiger partial charge in [-0.25, -0.2) is 0 Å². The van der Waals surface area contributed by atoms with Gasteiger partial charge < -0.3 is 5.41 Å². The van der Waals surface area contributed by atoms with Crippen LogP contribution in [0.25, 0.3) is 0 Å². The lowest BCUT2D eigenvalue weighted by atomic mass is 10.9. The zero-order valence-corrected chi connectivity index (χ0v) is 5.74. The molecule has 0 aromatic heterocycles. The van der Waals surface area contributed by atoms with Crippen molar-refractivity contribution in [1.82, 2.24) is 0 Å². The lowest BCUT2D eigenvalue weighted by Gasteiger charge is -1.85. The average molecular weight is 130 g/mol. The summed E-state index contributed by atoms with van der Waals surface area (Å²) in [5.74, 6) is 1.72. The minimum absolute atomic E-state index is 0.798. The highest BCUT2D eigenvalue weighted by Gasteiger charge is 1.76. The van der Waals surface area contributed by atoms with Gasteiger partial charge in [0.2, 0.25) is 0 Å². The predicted octanol–water partition coefficient (Wildman–Crippen LogP) is 1.07. The van der Waals surface area contributed by atoms with Gasteiger partial charge in [0.1, 0.15) is 0 Å². The van der Waals surface area contributed by atoms with E-state index in [2.05, 4.69) is 4.99 Å². The fraction of sp³-hybridized carbons (Fsp3) is 0.600. The smallest absolute Gasteiger partial charge is 0.0287 e. The first-order valence-corrected chi connectivity index (χ1v) is 3.54. The van der Waals surface area contributed by atoms with E-state index in [1.54, 1.807) is 18.8 Å². The van der Waals surface area contributed by atoms with Gasteiger partial charge in [-0.05, 0) is 0 Å². The van der Waals surface area contributed by atoms with Gasteiger partial charge in [0.25, 0.3) is 0 Å². The molecule has 0 saturated carbocycles. The number of nitrogens with one attached hydrogen (secondary N) is 1. The van der Waals surface area contributed by atoms with Crippen LogP contribution in [-0.4, -0.2) is 31.0 Å². The van der Waals surface area contributed by atoms with E-state index in [-0.39, 0.29) is 0 Å². The molecule has 0 rings (SSSR count). The SMILES string of the molecule is CN=CCSCC=N. The van der Waals surface area contributed by atoms with Crippen molar-refractivity contribution in [1.29, 1.82) is 5.41 Å². The normalized spacial score (nSPS) is 10.1. The van der Waals surface area contributed by atoms with Gasteiger partial charge in [0.05, 0.1) is 0 Å². The molecule has 0 bridgehead atoms. The molecule has 0 radical (unpaired) electrons. The monoisotopic (exact) mass is 130 g/mol. The Balaban J connectivity index is 2.82. The third-order valence-corrected chi connectivity index (χ3v) is 1.36. The van der Waals surface area contributed by atoms with Crippen molar-refractivity contribution >= 4 is 24.2 Å². The summed E-state index contributed by atoms with van der Waals surface area (Å²) in [5.41, 5.74) is 0. The van der Waals surface area contributed by atoms with Crippen LogP contribution < -0.4 is 0 Å². The van der Waals surface area contributed by atoms with Crippen LogP contribution in [0.5, 0.6) is 0 Å². The van der Waals surface area contributed by atoms with E-state index < -0.39 is 0 Å². The number of rotatable bonds is 4. The third kappa shape index (κ3) is 5.69. The van der Waals surface area contributed by atoms with Crippen LogP contribution in [0.3, 0.4) is 0 Å². The molecule has 0 saturated heterocycles. The highest BCUT2D eigenvalue weighted by molar-refractivity contribution is 8.00. The molecule has 0 aromatic rings. The van der Waals surface area contributed by atoms with Crippen LogP contribution in [0, 0.1) is 5.41 Å². The molecule has 0 atom stereocenters. The van der Waals surface area contributed by atoms with Crippen molar-refractivity contribution in [2.45, 2.75) is 0 Å². The quantitative estimate of drug-likeness (QED) is 0.448. The molecular weight excluding hydrogens is 120 g/mol. The Bertz CT molecular complexity index is 80.5. The number of hydrogen-bond donors (Lipinski definition) is 1. The summed E-state index contributed by atoms with van der Waals surface area (Å²) in [4.78, 5) is 3.79. The second-order valence-corrected chi connectivity index (χ2v) is 2.26. The summed E-state index contributed by atoms with van der Waals surface area (Å²) in [5, 5.41) is 6.65. The van der Waals surface area contributed by atoms with Crippen molar-refractivity contribution in [3.05, 3.63) is 0 Å². The predicted molar refractivity (Wildman–Crippen MR) is 40.5 cm³/mol. The Morgan fingerprint density at radius 2 is 2.38 bits per heavy atom. The molecule has 0 heterocycles. The molecule has 0 aromatic carbocycles. The van der Waals surface area contributed by atoms with Crippen molar-refractivity contribution in [2.75, 3.05) is 18.6 Å². The number of thioether (sulfide) groups is 1. The van der Waals surface area contributed by atoms with E-state index in [9.17, 15) is 0 Å². The summed E-state index contributed by atoms with van der Waals surface area (Å²) in [6, 6.07) is 0. The fourth-order valence-electron chi connectivity index (χ4n) is 0.254. The second-order valence-electron chi connectivity index (χ2n) is 1.18. The summed E-state index contributed by atoms with van der Waals surface area (Å²) >= 11 is 1.69. The third-order valence-electron chi connectivity index (χ3n) is 0.576. The van der Waals surface area contributed by atoms with Gasteiger partial charge in [0.15, 0.2) is 0 Å². The van der Waals surface area contributed by atoms with E-state index in [1.165, 1.54) is 6.21 Å². The van der Waals surface area contributed by atoms with Crippen molar-refractivity contribution in [3.8, 4) is 0 Å². The molecular formula is C5H10N2S. The van der Waals surface area contributed by atoms with Gasteiger partial charge in [-0.15, -0.1) is 0 Å². The molecule has 0 amide bonds. The minimum Gasteiger partial charge on any atom is -0.312 e. The Labute approximate surface area is 53.9 Å². The Hall–Kier alpha value is -0.310. The summed E-state index contributed by atoms with van der Waals surface area (Å²) in [6.07, 6.45) is 3.24. The lowest BCUT2D eigenvalue weighted by molar-refractivity contribution is 1.46. The van der Waals surface area contributed by atoms with Crippen molar-refractivity contribution < 1.29 is 0 Å². The molecule has 0 unspecified atom stereocenters. The van der Waals surface area contributed by atoms with Crippen LogP contribution in [0.2, 0.25) is 0 Å². The molecule has 3 heteroatoms. The van der Waals surface area contributed by atoms with Crippen LogP contribution in [0.1, 0.15) is 0 Å². The van der Waals surface area contributed by atoms with E-state index >= 15 is 0 Å². The van der Waals surface area contributed by atoms with Crippen LogP contribution >= 0.6 is 11.8 Å². The van der Waals surface area contributed by atoms with Crippen LogP contribution in [0.4, 0.5) is 0 Å². The van der Waals surface area contributed by atoms with Gasteiger partial charge in [0, 0.05) is 31.0 Å². The topological polar surface area (TPSA) is 36.2 Å². The molecule has 0 spiro atoms. The second kappa shape index (κ2) is 6.69. The minimum atomic E-state index is 0.798. The van der Waals surface area contributed by atoms with Gasteiger partial charge in [-0.2, -0.15) is 11.8 Å². The van der Waals surface area contributed by atoms with E-state index in [1.807, 2.05) is 6.21 Å². The zero-order valence-electron chi connectivity index (χ0n) is 4.92. The Morgan fingerprint density at radius 3 is 2.88 bits per heavy atom. The van der Waals surface area contributed by atoms with Crippen molar-refractivity contribution in [3.63, 3.8) is 0 Å². The lowest BCUT2D eigenvalue weighted by Crippen LogP contribution is -1.82. The van der Waals surface area contributed by atoms with Gasteiger partial charge >= 0.3 is 0 Å².